The number of hydrogen-bond acceptors (Lipinski definition) is 2. The molecule has 1 aromatic rings. The molecule has 0 saturated heterocycles. The number of amides is 1. The molecule has 1 fully saturated rings. The summed E-state index contributed by atoms with van der Waals surface area (Å²) >= 11 is 12.1. The fourth-order valence-corrected chi connectivity index (χ4v) is 3.35. The first-order valence-corrected chi connectivity index (χ1v) is 8.04. The summed E-state index contributed by atoms with van der Waals surface area (Å²) in [5, 5.41) is 4.37. The molecule has 1 amide bonds. The second kappa shape index (κ2) is 7.87. The minimum absolute atomic E-state index is 0. The molecule has 3 N–H and O–H groups in total. The molecular formula is C16H23Cl3N2O. The van der Waals surface area contributed by atoms with Crippen LogP contribution in [0.1, 0.15) is 38.7 Å². The van der Waals surface area contributed by atoms with Crippen LogP contribution in [0.2, 0.25) is 10.0 Å². The molecule has 3 nitrogen and oxygen atoms in total. The highest BCUT2D eigenvalue weighted by atomic mass is 35.5. The van der Waals surface area contributed by atoms with Gasteiger partial charge in [0.05, 0.1) is 0 Å². The molecule has 0 aromatic heterocycles. The molecule has 124 valence electrons. The molecule has 2 unspecified atom stereocenters. The van der Waals surface area contributed by atoms with E-state index >= 15 is 0 Å². The lowest BCUT2D eigenvalue weighted by Crippen LogP contribution is -2.47. The Balaban J connectivity index is 0.00000242. The zero-order valence-electron chi connectivity index (χ0n) is 12.9. The van der Waals surface area contributed by atoms with Crippen molar-refractivity contribution in [3.8, 4) is 0 Å². The standard InChI is InChI=1S/C16H22Cl2N2O.ClH/c1-16(2,9-11-3-5-12(17)8-14(11)18)20-15(21)10-4-6-13(19)7-10;/h3,5,8,10,13H,4,6-7,9,19H2,1-2H3,(H,20,21);1H. The highest BCUT2D eigenvalue weighted by molar-refractivity contribution is 6.35. The Labute approximate surface area is 148 Å². The van der Waals surface area contributed by atoms with Crippen LogP contribution in [0.5, 0.6) is 0 Å². The zero-order chi connectivity index (χ0) is 15.6. The minimum Gasteiger partial charge on any atom is -0.351 e. The lowest BCUT2D eigenvalue weighted by atomic mass is 9.93. The van der Waals surface area contributed by atoms with Crippen molar-refractivity contribution in [1.82, 2.24) is 5.32 Å². The van der Waals surface area contributed by atoms with E-state index in [1.807, 2.05) is 26.0 Å². The van der Waals surface area contributed by atoms with Crippen LogP contribution < -0.4 is 11.1 Å². The summed E-state index contributed by atoms with van der Waals surface area (Å²) in [6, 6.07) is 5.61. The Kier molecular flexibility index (Phi) is 7.00. The van der Waals surface area contributed by atoms with Gasteiger partial charge < -0.3 is 11.1 Å². The molecule has 1 saturated carbocycles. The van der Waals surface area contributed by atoms with Crippen molar-refractivity contribution < 1.29 is 4.79 Å². The monoisotopic (exact) mass is 364 g/mol. The van der Waals surface area contributed by atoms with Crippen LogP contribution in [0.4, 0.5) is 0 Å². The SMILES string of the molecule is CC(C)(Cc1ccc(Cl)cc1Cl)NC(=O)C1CCC(N)C1.Cl. The quantitative estimate of drug-likeness (QED) is 0.848. The Hall–Kier alpha value is -0.480. The van der Waals surface area contributed by atoms with Crippen LogP contribution in [0.25, 0.3) is 0 Å². The minimum atomic E-state index is -0.360. The predicted molar refractivity (Wildman–Crippen MR) is 95.0 cm³/mol. The number of benzene rings is 1. The van der Waals surface area contributed by atoms with Crippen molar-refractivity contribution in [2.75, 3.05) is 0 Å². The van der Waals surface area contributed by atoms with Gasteiger partial charge in [0.1, 0.15) is 0 Å². The molecule has 0 bridgehead atoms. The highest BCUT2D eigenvalue weighted by Gasteiger charge is 2.31. The number of halogens is 3. The summed E-state index contributed by atoms with van der Waals surface area (Å²) < 4.78 is 0. The van der Waals surface area contributed by atoms with Crippen molar-refractivity contribution in [2.45, 2.75) is 51.1 Å². The van der Waals surface area contributed by atoms with E-state index in [-0.39, 0.29) is 35.8 Å². The molecule has 0 aliphatic heterocycles. The number of nitrogens with two attached hydrogens (primary N) is 1. The lowest BCUT2D eigenvalue weighted by Gasteiger charge is -2.28. The lowest BCUT2D eigenvalue weighted by molar-refractivity contribution is -0.126. The van der Waals surface area contributed by atoms with Crippen molar-refractivity contribution in [3.05, 3.63) is 33.8 Å². The summed E-state index contributed by atoms with van der Waals surface area (Å²) in [6.07, 6.45) is 3.25. The maximum absolute atomic E-state index is 12.3. The fraction of sp³-hybridized carbons (Fsp3) is 0.562. The third-order valence-corrected chi connectivity index (χ3v) is 4.54. The largest absolute Gasteiger partial charge is 0.351 e. The Morgan fingerprint density at radius 3 is 2.59 bits per heavy atom. The molecule has 1 aliphatic carbocycles. The zero-order valence-corrected chi connectivity index (χ0v) is 15.2. The summed E-state index contributed by atoms with van der Waals surface area (Å²) in [5.41, 5.74) is 6.50. The van der Waals surface area contributed by atoms with Crippen LogP contribution in [0, 0.1) is 5.92 Å². The molecule has 1 aromatic carbocycles. The van der Waals surface area contributed by atoms with Gasteiger partial charge in [0.15, 0.2) is 0 Å². The van der Waals surface area contributed by atoms with E-state index < -0.39 is 0 Å². The smallest absolute Gasteiger partial charge is 0.223 e. The van der Waals surface area contributed by atoms with E-state index in [0.29, 0.717) is 16.5 Å². The second-order valence-corrected chi connectivity index (χ2v) is 7.40. The number of rotatable bonds is 4. The fourth-order valence-electron chi connectivity index (χ4n) is 2.88. The Morgan fingerprint density at radius 1 is 1.36 bits per heavy atom. The van der Waals surface area contributed by atoms with Gasteiger partial charge in [0, 0.05) is 27.5 Å². The molecular weight excluding hydrogens is 343 g/mol. The maximum atomic E-state index is 12.3. The van der Waals surface area contributed by atoms with Gasteiger partial charge in [0.25, 0.3) is 0 Å². The van der Waals surface area contributed by atoms with Gasteiger partial charge in [0.2, 0.25) is 5.91 Å². The predicted octanol–water partition coefficient (Wildman–Crippen LogP) is 3.98. The molecule has 1 aliphatic rings. The third kappa shape index (κ3) is 5.31. The van der Waals surface area contributed by atoms with Crippen LogP contribution in [-0.2, 0) is 11.2 Å². The number of nitrogens with one attached hydrogen (secondary N) is 1. The third-order valence-electron chi connectivity index (χ3n) is 3.95. The summed E-state index contributed by atoms with van der Waals surface area (Å²) in [7, 11) is 0. The second-order valence-electron chi connectivity index (χ2n) is 6.56. The Bertz CT molecular complexity index is 534. The molecule has 0 spiro atoms. The first-order valence-electron chi connectivity index (χ1n) is 7.28. The summed E-state index contributed by atoms with van der Waals surface area (Å²) in [6.45, 7) is 4.01. The first kappa shape index (κ1) is 19.6. The molecule has 22 heavy (non-hydrogen) atoms. The topological polar surface area (TPSA) is 55.1 Å². The van der Waals surface area contributed by atoms with Crippen LogP contribution in [0.15, 0.2) is 18.2 Å². The van der Waals surface area contributed by atoms with Gasteiger partial charge in [-0.3, -0.25) is 4.79 Å². The highest BCUT2D eigenvalue weighted by Crippen LogP contribution is 2.27. The molecule has 0 radical (unpaired) electrons. The van der Waals surface area contributed by atoms with Crippen molar-refractivity contribution in [2.24, 2.45) is 11.7 Å². The normalized spacial score (nSPS) is 21.3. The van der Waals surface area contributed by atoms with Crippen LogP contribution >= 0.6 is 35.6 Å². The molecule has 6 heteroatoms. The van der Waals surface area contributed by atoms with Crippen molar-refractivity contribution in [1.29, 1.82) is 0 Å². The van der Waals surface area contributed by atoms with Crippen LogP contribution in [0.3, 0.4) is 0 Å². The molecule has 2 atom stereocenters. The van der Waals surface area contributed by atoms with E-state index in [9.17, 15) is 4.79 Å². The van der Waals surface area contributed by atoms with Gasteiger partial charge >= 0.3 is 0 Å². The van der Waals surface area contributed by atoms with Crippen molar-refractivity contribution >= 4 is 41.5 Å². The molecule has 2 rings (SSSR count). The van der Waals surface area contributed by atoms with E-state index in [4.69, 9.17) is 28.9 Å². The summed E-state index contributed by atoms with van der Waals surface area (Å²) in [4.78, 5) is 12.3. The number of carbonyl (C=O) groups excluding carboxylic acids is 1. The van der Waals surface area contributed by atoms with Gasteiger partial charge in [-0.05, 0) is 57.2 Å². The average Bonchev–Trinajstić information content (AvgIpc) is 2.79. The van der Waals surface area contributed by atoms with E-state index in [0.717, 1.165) is 24.8 Å². The Morgan fingerprint density at radius 2 is 2.05 bits per heavy atom. The summed E-state index contributed by atoms with van der Waals surface area (Å²) in [5.74, 6) is 0.137. The van der Waals surface area contributed by atoms with Crippen molar-refractivity contribution in [3.63, 3.8) is 0 Å². The van der Waals surface area contributed by atoms with Gasteiger partial charge in [-0.1, -0.05) is 29.3 Å². The maximum Gasteiger partial charge on any atom is 0.223 e. The average molecular weight is 366 g/mol. The number of hydrogen-bond donors (Lipinski definition) is 2. The van der Waals surface area contributed by atoms with Gasteiger partial charge in [-0.15, -0.1) is 12.4 Å². The molecule has 0 heterocycles. The van der Waals surface area contributed by atoms with E-state index in [1.54, 1.807) is 6.07 Å². The number of carbonyl (C=O) groups is 1. The first-order chi connectivity index (χ1) is 9.77. The van der Waals surface area contributed by atoms with E-state index in [1.165, 1.54) is 0 Å². The van der Waals surface area contributed by atoms with Gasteiger partial charge in [-0.25, -0.2) is 0 Å². The van der Waals surface area contributed by atoms with E-state index in [2.05, 4.69) is 5.32 Å². The van der Waals surface area contributed by atoms with Crippen LogP contribution in [-0.4, -0.2) is 17.5 Å². The van der Waals surface area contributed by atoms with Gasteiger partial charge in [-0.2, -0.15) is 0 Å².